The highest BCUT2D eigenvalue weighted by Gasteiger charge is 2.10. The highest BCUT2D eigenvalue weighted by molar-refractivity contribution is 6.31. The Hall–Kier alpha value is -1.68. The Morgan fingerprint density at radius 1 is 1.05 bits per heavy atom. The Labute approximate surface area is 114 Å². The van der Waals surface area contributed by atoms with Gasteiger partial charge in [0.05, 0.1) is 0 Å². The van der Waals surface area contributed by atoms with Crippen molar-refractivity contribution in [3.63, 3.8) is 0 Å². The highest BCUT2D eigenvalue weighted by atomic mass is 35.5. The average Bonchev–Trinajstić information content (AvgIpc) is 2.37. The van der Waals surface area contributed by atoms with Crippen molar-refractivity contribution in [2.24, 2.45) is 0 Å². The van der Waals surface area contributed by atoms with Crippen molar-refractivity contribution in [2.75, 3.05) is 5.32 Å². The van der Waals surface area contributed by atoms with Gasteiger partial charge in [-0.1, -0.05) is 17.7 Å². The van der Waals surface area contributed by atoms with E-state index < -0.39 is 17.5 Å². The van der Waals surface area contributed by atoms with Crippen molar-refractivity contribution in [1.29, 1.82) is 0 Å². The zero-order chi connectivity index (χ0) is 14.0. The summed E-state index contributed by atoms with van der Waals surface area (Å²) in [5, 5.41) is 3.56. The molecule has 1 N–H and O–H groups in total. The first-order valence-corrected chi connectivity index (χ1v) is 5.98. The maximum atomic E-state index is 13.0. The van der Waals surface area contributed by atoms with Gasteiger partial charge in [0.1, 0.15) is 0 Å². The molecule has 0 atom stereocenters. The van der Waals surface area contributed by atoms with Gasteiger partial charge in [0.2, 0.25) is 0 Å². The number of hydrogen-bond donors (Lipinski definition) is 1. The van der Waals surface area contributed by atoms with Gasteiger partial charge in [-0.2, -0.15) is 0 Å². The van der Waals surface area contributed by atoms with E-state index in [2.05, 4.69) is 5.32 Å². The van der Waals surface area contributed by atoms with Crippen LogP contribution >= 0.6 is 11.6 Å². The summed E-state index contributed by atoms with van der Waals surface area (Å²) in [6.07, 6.45) is 0. The molecule has 19 heavy (non-hydrogen) atoms. The van der Waals surface area contributed by atoms with Gasteiger partial charge in [0.25, 0.3) is 0 Å². The Balaban J connectivity index is 2.12. The first-order chi connectivity index (χ1) is 8.97. The molecular formula is C14H11ClF3N. The number of benzene rings is 2. The Kier molecular flexibility index (Phi) is 4.00. The van der Waals surface area contributed by atoms with E-state index in [1.807, 2.05) is 13.0 Å². The summed E-state index contributed by atoms with van der Waals surface area (Å²) < 4.78 is 38.8. The first-order valence-electron chi connectivity index (χ1n) is 5.61. The SMILES string of the molecule is Cc1ccc(NCc2cc(F)c(F)c(F)c2)cc1Cl. The van der Waals surface area contributed by atoms with Crippen LogP contribution in [0.15, 0.2) is 30.3 Å². The molecule has 0 aliphatic carbocycles. The first kappa shape index (κ1) is 13.7. The van der Waals surface area contributed by atoms with E-state index in [4.69, 9.17) is 11.6 Å². The summed E-state index contributed by atoms with van der Waals surface area (Å²) in [4.78, 5) is 0. The van der Waals surface area contributed by atoms with E-state index >= 15 is 0 Å². The molecule has 0 heterocycles. The van der Waals surface area contributed by atoms with E-state index in [9.17, 15) is 13.2 Å². The van der Waals surface area contributed by atoms with Crippen LogP contribution in [0.2, 0.25) is 5.02 Å². The lowest BCUT2D eigenvalue weighted by atomic mass is 10.2. The standard InChI is InChI=1S/C14H11ClF3N/c1-8-2-3-10(6-11(8)15)19-7-9-4-12(16)14(18)13(17)5-9/h2-6,19H,7H2,1H3. The molecule has 100 valence electrons. The van der Waals surface area contributed by atoms with E-state index in [1.165, 1.54) is 0 Å². The molecule has 0 aromatic heterocycles. The second-order valence-corrected chi connectivity index (χ2v) is 4.60. The zero-order valence-electron chi connectivity index (χ0n) is 10.1. The van der Waals surface area contributed by atoms with Crippen molar-refractivity contribution in [1.82, 2.24) is 0 Å². The summed E-state index contributed by atoms with van der Waals surface area (Å²) in [5.74, 6) is -3.85. The molecule has 0 unspecified atom stereocenters. The van der Waals surface area contributed by atoms with Gasteiger partial charge in [0.15, 0.2) is 17.5 Å². The van der Waals surface area contributed by atoms with Gasteiger partial charge >= 0.3 is 0 Å². The largest absolute Gasteiger partial charge is 0.381 e. The lowest BCUT2D eigenvalue weighted by Gasteiger charge is -2.08. The quantitative estimate of drug-likeness (QED) is 0.808. The van der Waals surface area contributed by atoms with Gasteiger partial charge in [-0.15, -0.1) is 0 Å². The van der Waals surface area contributed by atoms with Crippen molar-refractivity contribution >= 4 is 17.3 Å². The molecule has 0 fully saturated rings. The molecule has 1 nitrogen and oxygen atoms in total. The molecule has 0 amide bonds. The summed E-state index contributed by atoms with van der Waals surface area (Å²) >= 11 is 5.96. The second-order valence-electron chi connectivity index (χ2n) is 4.19. The summed E-state index contributed by atoms with van der Waals surface area (Å²) in [6, 6.07) is 7.27. The second kappa shape index (κ2) is 5.53. The van der Waals surface area contributed by atoms with Crippen molar-refractivity contribution in [3.8, 4) is 0 Å². The minimum Gasteiger partial charge on any atom is -0.381 e. The van der Waals surface area contributed by atoms with Crippen LogP contribution in [0.5, 0.6) is 0 Å². The van der Waals surface area contributed by atoms with Gasteiger partial charge in [-0.25, -0.2) is 13.2 Å². The smallest absolute Gasteiger partial charge is 0.194 e. The van der Waals surface area contributed by atoms with Crippen LogP contribution in [0.3, 0.4) is 0 Å². The lowest BCUT2D eigenvalue weighted by Crippen LogP contribution is -2.02. The third-order valence-electron chi connectivity index (χ3n) is 2.71. The normalized spacial score (nSPS) is 10.6. The molecular weight excluding hydrogens is 275 g/mol. The van der Waals surface area contributed by atoms with Crippen LogP contribution in [0.25, 0.3) is 0 Å². The third kappa shape index (κ3) is 3.20. The van der Waals surface area contributed by atoms with E-state index in [0.29, 0.717) is 10.6 Å². The molecule has 0 spiro atoms. The van der Waals surface area contributed by atoms with Crippen LogP contribution in [0, 0.1) is 24.4 Å². The maximum absolute atomic E-state index is 13.0. The van der Waals surface area contributed by atoms with Gasteiger partial charge in [-0.05, 0) is 42.3 Å². The Bertz CT molecular complexity index is 591. The van der Waals surface area contributed by atoms with Crippen LogP contribution in [-0.2, 0) is 6.54 Å². The average molecular weight is 286 g/mol. The number of rotatable bonds is 3. The third-order valence-corrected chi connectivity index (χ3v) is 3.12. The lowest BCUT2D eigenvalue weighted by molar-refractivity contribution is 0.445. The van der Waals surface area contributed by atoms with Gasteiger partial charge in [-0.3, -0.25) is 0 Å². The zero-order valence-corrected chi connectivity index (χ0v) is 10.9. The summed E-state index contributed by atoms with van der Waals surface area (Å²) in [5.41, 5.74) is 1.97. The van der Waals surface area contributed by atoms with Crippen molar-refractivity contribution < 1.29 is 13.2 Å². The molecule has 0 radical (unpaired) electrons. The monoisotopic (exact) mass is 285 g/mol. The number of anilines is 1. The van der Waals surface area contributed by atoms with Crippen molar-refractivity contribution in [3.05, 3.63) is 63.9 Å². The molecule has 2 aromatic rings. The molecule has 2 rings (SSSR count). The molecule has 0 aliphatic heterocycles. The van der Waals surface area contributed by atoms with E-state index in [0.717, 1.165) is 23.4 Å². The topological polar surface area (TPSA) is 12.0 Å². The van der Waals surface area contributed by atoms with E-state index in [-0.39, 0.29) is 6.54 Å². The molecule has 5 heteroatoms. The molecule has 2 aromatic carbocycles. The van der Waals surface area contributed by atoms with Crippen LogP contribution in [0.1, 0.15) is 11.1 Å². The molecule has 0 aliphatic rings. The number of nitrogens with one attached hydrogen (secondary N) is 1. The molecule has 0 saturated heterocycles. The number of hydrogen-bond acceptors (Lipinski definition) is 1. The number of halogens is 4. The Morgan fingerprint density at radius 3 is 2.26 bits per heavy atom. The van der Waals surface area contributed by atoms with Crippen molar-refractivity contribution in [2.45, 2.75) is 13.5 Å². The van der Waals surface area contributed by atoms with Crippen LogP contribution in [-0.4, -0.2) is 0 Å². The van der Waals surface area contributed by atoms with Crippen LogP contribution < -0.4 is 5.32 Å². The fraction of sp³-hybridized carbons (Fsp3) is 0.143. The minimum atomic E-state index is -1.46. The molecule has 0 bridgehead atoms. The minimum absolute atomic E-state index is 0.174. The fourth-order valence-corrected chi connectivity index (χ4v) is 1.80. The van der Waals surface area contributed by atoms with Crippen LogP contribution in [0.4, 0.5) is 18.9 Å². The van der Waals surface area contributed by atoms with Gasteiger partial charge in [0, 0.05) is 17.3 Å². The maximum Gasteiger partial charge on any atom is 0.194 e. The summed E-state index contributed by atoms with van der Waals surface area (Å²) in [7, 11) is 0. The highest BCUT2D eigenvalue weighted by Crippen LogP contribution is 2.21. The van der Waals surface area contributed by atoms with Gasteiger partial charge < -0.3 is 5.32 Å². The predicted octanol–water partition coefficient (Wildman–Crippen LogP) is 4.68. The predicted molar refractivity (Wildman–Crippen MR) is 69.8 cm³/mol. The number of aryl methyl sites for hydroxylation is 1. The fourth-order valence-electron chi connectivity index (χ4n) is 1.62. The molecule has 0 saturated carbocycles. The Morgan fingerprint density at radius 2 is 1.68 bits per heavy atom. The summed E-state index contributed by atoms with van der Waals surface area (Å²) in [6.45, 7) is 2.05. The van der Waals surface area contributed by atoms with E-state index in [1.54, 1.807) is 12.1 Å².